The fourth-order valence-electron chi connectivity index (χ4n) is 1.25. The summed E-state index contributed by atoms with van der Waals surface area (Å²) in [4.78, 5) is 10.8. The minimum absolute atomic E-state index is 0.424. The topological polar surface area (TPSA) is 61.6 Å². The van der Waals surface area contributed by atoms with Crippen molar-refractivity contribution in [3.05, 3.63) is 29.8 Å². The van der Waals surface area contributed by atoms with Crippen LogP contribution in [0.3, 0.4) is 0 Å². The molecule has 16 heavy (non-hydrogen) atoms. The molecule has 0 heterocycles. The molecule has 0 aliphatic heterocycles. The first-order valence-electron chi connectivity index (χ1n) is 5.25. The predicted octanol–water partition coefficient (Wildman–Crippen LogP) is 1.59. The molecule has 0 saturated carbocycles. The van der Waals surface area contributed by atoms with Crippen LogP contribution in [0.5, 0.6) is 5.75 Å². The average molecular weight is 223 g/mol. The number of rotatable bonds is 7. The van der Waals surface area contributed by atoms with Crippen molar-refractivity contribution in [2.75, 3.05) is 20.3 Å². The second-order valence-electron chi connectivity index (χ2n) is 3.44. The van der Waals surface area contributed by atoms with Crippen LogP contribution in [0, 0.1) is 0 Å². The maximum absolute atomic E-state index is 10.8. The predicted molar refractivity (Wildman–Crippen MR) is 61.6 cm³/mol. The lowest BCUT2D eigenvalue weighted by molar-refractivity contribution is 0.100. The van der Waals surface area contributed by atoms with E-state index in [1.165, 1.54) is 0 Å². The molecule has 0 unspecified atom stereocenters. The molecular weight excluding hydrogens is 206 g/mol. The number of benzene rings is 1. The summed E-state index contributed by atoms with van der Waals surface area (Å²) in [5, 5.41) is 0. The lowest BCUT2D eigenvalue weighted by atomic mass is 10.2. The van der Waals surface area contributed by atoms with Crippen LogP contribution in [-0.4, -0.2) is 26.2 Å². The van der Waals surface area contributed by atoms with Crippen LogP contribution in [0.1, 0.15) is 23.2 Å². The summed E-state index contributed by atoms with van der Waals surface area (Å²) in [6, 6.07) is 6.81. The maximum atomic E-state index is 10.8. The van der Waals surface area contributed by atoms with E-state index in [9.17, 15) is 4.79 Å². The fourth-order valence-corrected chi connectivity index (χ4v) is 1.25. The molecular formula is C12H17NO3. The van der Waals surface area contributed by atoms with Crippen molar-refractivity contribution in [2.24, 2.45) is 5.73 Å². The zero-order chi connectivity index (χ0) is 11.8. The third kappa shape index (κ3) is 4.31. The number of hydrogen-bond acceptors (Lipinski definition) is 3. The smallest absolute Gasteiger partial charge is 0.248 e. The molecule has 88 valence electrons. The number of primary amides is 1. The van der Waals surface area contributed by atoms with Gasteiger partial charge in [0.25, 0.3) is 0 Å². The molecule has 1 aromatic rings. The molecule has 0 saturated heterocycles. The van der Waals surface area contributed by atoms with Gasteiger partial charge in [-0.05, 0) is 37.1 Å². The van der Waals surface area contributed by atoms with Gasteiger partial charge in [0.2, 0.25) is 5.91 Å². The summed E-state index contributed by atoms with van der Waals surface area (Å²) in [5.41, 5.74) is 5.62. The van der Waals surface area contributed by atoms with Gasteiger partial charge in [0.1, 0.15) is 5.75 Å². The number of amides is 1. The van der Waals surface area contributed by atoms with E-state index in [-0.39, 0.29) is 0 Å². The van der Waals surface area contributed by atoms with Crippen LogP contribution in [0.15, 0.2) is 24.3 Å². The Balaban J connectivity index is 2.29. The van der Waals surface area contributed by atoms with Crippen molar-refractivity contribution in [1.82, 2.24) is 0 Å². The van der Waals surface area contributed by atoms with E-state index in [2.05, 4.69) is 0 Å². The Morgan fingerprint density at radius 1 is 1.19 bits per heavy atom. The summed E-state index contributed by atoms with van der Waals surface area (Å²) in [7, 11) is 1.68. The van der Waals surface area contributed by atoms with Gasteiger partial charge in [-0.2, -0.15) is 0 Å². The highest BCUT2D eigenvalue weighted by atomic mass is 16.5. The number of hydrogen-bond donors (Lipinski definition) is 1. The summed E-state index contributed by atoms with van der Waals surface area (Å²) < 4.78 is 10.4. The van der Waals surface area contributed by atoms with Gasteiger partial charge in [-0.1, -0.05) is 0 Å². The van der Waals surface area contributed by atoms with Gasteiger partial charge in [-0.15, -0.1) is 0 Å². The van der Waals surface area contributed by atoms with Crippen LogP contribution in [0.25, 0.3) is 0 Å². The Labute approximate surface area is 95.3 Å². The van der Waals surface area contributed by atoms with Gasteiger partial charge in [-0.3, -0.25) is 4.79 Å². The van der Waals surface area contributed by atoms with Gasteiger partial charge >= 0.3 is 0 Å². The number of methoxy groups -OCH3 is 1. The van der Waals surface area contributed by atoms with E-state index in [0.717, 1.165) is 25.2 Å². The molecule has 0 aliphatic carbocycles. The standard InChI is InChI=1S/C12H17NO3/c1-15-8-2-3-9-16-11-6-4-10(5-7-11)12(13)14/h4-7H,2-3,8-9H2,1H3,(H2,13,14). The summed E-state index contributed by atoms with van der Waals surface area (Å²) in [5.74, 6) is 0.328. The third-order valence-electron chi connectivity index (χ3n) is 2.15. The van der Waals surface area contributed by atoms with Crippen molar-refractivity contribution in [3.63, 3.8) is 0 Å². The molecule has 0 radical (unpaired) electrons. The fraction of sp³-hybridized carbons (Fsp3) is 0.417. The first-order chi connectivity index (χ1) is 7.74. The van der Waals surface area contributed by atoms with E-state index in [4.69, 9.17) is 15.2 Å². The Morgan fingerprint density at radius 2 is 1.81 bits per heavy atom. The molecule has 0 spiro atoms. The molecule has 1 rings (SSSR count). The van der Waals surface area contributed by atoms with E-state index in [1.807, 2.05) is 0 Å². The second-order valence-corrected chi connectivity index (χ2v) is 3.44. The van der Waals surface area contributed by atoms with Gasteiger partial charge in [-0.25, -0.2) is 0 Å². The molecule has 1 amide bonds. The van der Waals surface area contributed by atoms with Gasteiger partial charge < -0.3 is 15.2 Å². The van der Waals surface area contributed by atoms with E-state index in [1.54, 1.807) is 31.4 Å². The molecule has 0 atom stereocenters. The van der Waals surface area contributed by atoms with Crippen LogP contribution < -0.4 is 10.5 Å². The summed E-state index contributed by atoms with van der Waals surface area (Å²) in [6.45, 7) is 1.41. The minimum Gasteiger partial charge on any atom is -0.494 e. The maximum Gasteiger partial charge on any atom is 0.248 e. The minimum atomic E-state index is -0.424. The molecule has 0 bridgehead atoms. The number of nitrogens with two attached hydrogens (primary N) is 1. The molecule has 2 N–H and O–H groups in total. The van der Waals surface area contributed by atoms with Crippen LogP contribution >= 0.6 is 0 Å². The Morgan fingerprint density at radius 3 is 2.38 bits per heavy atom. The van der Waals surface area contributed by atoms with Gasteiger partial charge in [0, 0.05) is 19.3 Å². The lowest BCUT2D eigenvalue weighted by Gasteiger charge is -2.06. The zero-order valence-corrected chi connectivity index (χ0v) is 9.44. The molecule has 0 fully saturated rings. The highest BCUT2D eigenvalue weighted by Gasteiger charge is 1.99. The Hall–Kier alpha value is -1.55. The Kier molecular flexibility index (Phi) is 5.36. The van der Waals surface area contributed by atoms with Crippen molar-refractivity contribution >= 4 is 5.91 Å². The van der Waals surface area contributed by atoms with E-state index < -0.39 is 5.91 Å². The normalized spacial score (nSPS) is 10.1. The number of unbranched alkanes of at least 4 members (excludes halogenated alkanes) is 1. The number of carbonyl (C=O) groups is 1. The molecule has 0 aromatic heterocycles. The number of carbonyl (C=O) groups excluding carboxylic acids is 1. The SMILES string of the molecule is COCCCCOc1ccc(C(N)=O)cc1. The molecule has 0 aliphatic rings. The highest BCUT2D eigenvalue weighted by Crippen LogP contribution is 2.12. The third-order valence-corrected chi connectivity index (χ3v) is 2.15. The van der Waals surface area contributed by atoms with Crippen molar-refractivity contribution < 1.29 is 14.3 Å². The van der Waals surface area contributed by atoms with Crippen LogP contribution in [0.4, 0.5) is 0 Å². The summed E-state index contributed by atoms with van der Waals surface area (Å²) in [6.07, 6.45) is 1.93. The molecule has 4 heteroatoms. The largest absolute Gasteiger partial charge is 0.494 e. The van der Waals surface area contributed by atoms with E-state index >= 15 is 0 Å². The van der Waals surface area contributed by atoms with Gasteiger partial charge in [0.15, 0.2) is 0 Å². The zero-order valence-electron chi connectivity index (χ0n) is 9.44. The Bertz CT molecular complexity index is 322. The first kappa shape index (κ1) is 12.5. The van der Waals surface area contributed by atoms with Gasteiger partial charge in [0.05, 0.1) is 6.61 Å². The van der Waals surface area contributed by atoms with Crippen molar-refractivity contribution in [3.8, 4) is 5.75 Å². The molecule has 4 nitrogen and oxygen atoms in total. The van der Waals surface area contributed by atoms with Crippen LogP contribution in [-0.2, 0) is 4.74 Å². The van der Waals surface area contributed by atoms with Crippen molar-refractivity contribution in [2.45, 2.75) is 12.8 Å². The highest BCUT2D eigenvalue weighted by molar-refractivity contribution is 5.92. The van der Waals surface area contributed by atoms with Crippen molar-refractivity contribution in [1.29, 1.82) is 0 Å². The first-order valence-corrected chi connectivity index (χ1v) is 5.25. The summed E-state index contributed by atoms with van der Waals surface area (Å²) >= 11 is 0. The van der Waals surface area contributed by atoms with E-state index in [0.29, 0.717) is 12.2 Å². The lowest BCUT2D eigenvalue weighted by Crippen LogP contribution is -2.10. The second kappa shape index (κ2) is 6.85. The monoisotopic (exact) mass is 223 g/mol. The quantitative estimate of drug-likeness (QED) is 0.714. The number of ether oxygens (including phenoxy) is 2. The molecule has 1 aromatic carbocycles. The average Bonchev–Trinajstić information content (AvgIpc) is 2.29. The van der Waals surface area contributed by atoms with Crippen LogP contribution in [0.2, 0.25) is 0 Å².